The van der Waals surface area contributed by atoms with Crippen LogP contribution < -0.4 is 10.0 Å². The molecule has 0 amide bonds. The Morgan fingerprint density at radius 3 is 2.50 bits per heavy atom. The van der Waals surface area contributed by atoms with Crippen molar-refractivity contribution in [2.45, 2.75) is 36.7 Å². The third kappa shape index (κ3) is 6.21. The molecule has 0 saturated carbocycles. The summed E-state index contributed by atoms with van der Waals surface area (Å²) >= 11 is 0.984. The van der Waals surface area contributed by atoms with Crippen LogP contribution in [0.4, 0.5) is 13.2 Å². The van der Waals surface area contributed by atoms with Crippen LogP contribution in [0.1, 0.15) is 18.7 Å². The van der Waals surface area contributed by atoms with Gasteiger partial charge >= 0.3 is 6.18 Å². The molecule has 20 heavy (non-hydrogen) atoms. The minimum atomic E-state index is -4.56. The fourth-order valence-electron chi connectivity index (χ4n) is 1.37. The van der Waals surface area contributed by atoms with Crippen LogP contribution in [0.25, 0.3) is 0 Å². The highest BCUT2D eigenvalue weighted by Crippen LogP contribution is 2.22. The van der Waals surface area contributed by atoms with Crippen LogP contribution >= 0.6 is 11.3 Å². The van der Waals surface area contributed by atoms with Gasteiger partial charge in [-0.05, 0) is 18.6 Å². The Bertz CT molecular complexity index is 524. The van der Waals surface area contributed by atoms with Gasteiger partial charge < -0.3 is 5.32 Å². The molecule has 1 rings (SSSR count). The van der Waals surface area contributed by atoms with Gasteiger partial charge in [0.05, 0.1) is 0 Å². The quantitative estimate of drug-likeness (QED) is 0.805. The lowest BCUT2D eigenvalue weighted by Crippen LogP contribution is -2.33. The van der Waals surface area contributed by atoms with Crippen molar-refractivity contribution >= 4 is 21.4 Å². The van der Waals surface area contributed by atoms with Gasteiger partial charge in [0.15, 0.2) is 0 Å². The number of hydrogen-bond acceptors (Lipinski definition) is 4. The van der Waals surface area contributed by atoms with Crippen LogP contribution in [0.15, 0.2) is 16.3 Å². The minimum absolute atomic E-state index is 0.0960. The molecular formula is C11H17F3N2O2S2. The van der Waals surface area contributed by atoms with E-state index >= 15 is 0 Å². The van der Waals surface area contributed by atoms with E-state index in [1.807, 2.05) is 13.8 Å². The highest BCUT2D eigenvalue weighted by molar-refractivity contribution is 7.91. The molecule has 0 unspecified atom stereocenters. The highest BCUT2D eigenvalue weighted by atomic mass is 32.2. The van der Waals surface area contributed by atoms with E-state index in [1.165, 1.54) is 6.07 Å². The predicted octanol–water partition coefficient (Wildman–Crippen LogP) is 2.13. The average molecular weight is 330 g/mol. The Hall–Kier alpha value is -0.640. The summed E-state index contributed by atoms with van der Waals surface area (Å²) in [4.78, 5) is 0.811. The van der Waals surface area contributed by atoms with Crippen molar-refractivity contribution < 1.29 is 21.6 Å². The second-order valence-corrected chi connectivity index (χ2v) is 7.68. The molecule has 1 aromatic heterocycles. The predicted molar refractivity (Wildman–Crippen MR) is 72.4 cm³/mol. The molecule has 0 aliphatic heterocycles. The van der Waals surface area contributed by atoms with Gasteiger partial charge in [0, 0.05) is 17.5 Å². The molecule has 0 saturated heterocycles. The molecular weight excluding hydrogens is 313 g/mol. The lowest BCUT2D eigenvalue weighted by Gasteiger charge is -2.07. The third-order valence-electron chi connectivity index (χ3n) is 2.29. The summed E-state index contributed by atoms with van der Waals surface area (Å²) in [5.74, 6) is 0. The van der Waals surface area contributed by atoms with Gasteiger partial charge in [-0.3, -0.25) is 0 Å². The van der Waals surface area contributed by atoms with Crippen molar-refractivity contribution in [1.29, 1.82) is 0 Å². The topological polar surface area (TPSA) is 58.2 Å². The summed E-state index contributed by atoms with van der Waals surface area (Å²) < 4.78 is 60.8. The molecule has 2 N–H and O–H groups in total. The van der Waals surface area contributed by atoms with E-state index in [0.29, 0.717) is 19.0 Å². The first-order valence-electron chi connectivity index (χ1n) is 5.99. The van der Waals surface area contributed by atoms with Crippen molar-refractivity contribution in [3.63, 3.8) is 0 Å². The van der Waals surface area contributed by atoms with Gasteiger partial charge in [0.25, 0.3) is 0 Å². The normalized spacial score (nSPS) is 13.1. The Morgan fingerprint density at radius 2 is 1.95 bits per heavy atom. The van der Waals surface area contributed by atoms with Crippen LogP contribution in [-0.4, -0.2) is 33.7 Å². The maximum atomic E-state index is 12.0. The van der Waals surface area contributed by atoms with Crippen molar-refractivity contribution in [2.24, 2.45) is 0 Å². The average Bonchev–Trinajstić information content (AvgIpc) is 2.75. The number of thiophene rings is 1. The van der Waals surface area contributed by atoms with Gasteiger partial charge in [0.2, 0.25) is 10.0 Å². The molecule has 0 radical (unpaired) electrons. The smallest absolute Gasteiger partial charge is 0.314 e. The summed E-state index contributed by atoms with van der Waals surface area (Å²) in [6.45, 7) is 3.11. The first-order chi connectivity index (χ1) is 9.10. The number of alkyl halides is 3. The summed E-state index contributed by atoms with van der Waals surface area (Å²) in [6.07, 6.45) is -3.92. The zero-order valence-electron chi connectivity index (χ0n) is 11.1. The number of sulfonamides is 1. The van der Waals surface area contributed by atoms with Crippen LogP contribution in [-0.2, 0) is 16.4 Å². The van der Waals surface area contributed by atoms with Crippen LogP contribution in [0.5, 0.6) is 0 Å². The minimum Gasteiger partial charge on any atom is -0.314 e. The van der Waals surface area contributed by atoms with Crippen LogP contribution in [0.2, 0.25) is 0 Å². The zero-order chi connectivity index (χ0) is 15.4. The summed E-state index contributed by atoms with van der Waals surface area (Å²) in [5.41, 5.74) is 0. The lowest BCUT2D eigenvalue weighted by molar-refractivity contribution is -0.121. The molecule has 9 heteroatoms. The van der Waals surface area contributed by atoms with Crippen molar-refractivity contribution in [3.05, 3.63) is 17.0 Å². The van der Waals surface area contributed by atoms with E-state index in [0.717, 1.165) is 16.2 Å². The number of rotatable bonds is 7. The van der Waals surface area contributed by atoms with E-state index in [1.54, 1.807) is 10.8 Å². The second-order valence-electron chi connectivity index (χ2n) is 4.52. The Kier molecular flexibility index (Phi) is 5.99. The van der Waals surface area contributed by atoms with Crippen LogP contribution in [0, 0.1) is 0 Å². The third-order valence-corrected chi connectivity index (χ3v) is 5.33. The fraction of sp³-hybridized carbons (Fsp3) is 0.636. The van der Waals surface area contributed by atoms with E-state index in [4.69, 9.17) is 0 Å². The van der Waals surface area contributed by atoms with Gasteiger partial charge in [-0.25, -0.2) is 13.1 Å². The molecule has 4 nitrogen and oxygen atoms in total. The van der Waals surface area contributed by atoms with Gasteiger partial charge in [-0.2, -0.15) is 13.2 Å². The molecule has 1 heterocycles. The van der Waals surface area contributed by atoms with Gasteiger partial charge in [0.1, 0.15) is 10.8 Å². The van der Waals surface area contributed by atoms with Gasteiger partial charge in [-0.15, -0.1) is 11.3 Å². The number of hydrogen-bond donors (Lipinski definition) is 2. The molecule has 0 spiro atoms. The Balaban J connectivity index is 2.61. The summed E-state index contributed by atoms with van der Waals surface area (Å²) in [6, 6.07) is 3.27. The molecule has 0 aliphatic rings. The molecule has 0 fully saturated rings. The van der Waals surface area contributed by atoms with E-state index in [9.17, 15) is 21.6 Å². The van der Waals surface area contributed by atoms with E-state index in [-0.39, 0.29) is 4.21 Å². The zero-order valence-corrected chi connectivity index (χ0v) is 12.8. The molecule has 0 aromatic carbocycles. The van der Waals surface area contributed by atoms with Crippen molar-refractivity contribution in [1.82, 2.24) is 10.0 Å². The molecule has 0 atom stereocenters. The molecule has 0 bridgehead atoms. The Labute approximate surface area is 120 Å². The second kappa shape index (κ2) is 6.88. The fourth-order valence-corrected chi connectivity index (χ4v) is 3.78. The molecule has 1 aromatic rings. The number of nitrogens with one attached hydrogen (secondary N) is 2. The molecule has 116 valence electrons. The van der Waals surface area contributed by atoms with Crippen LogP contribution in [0.3, 0.4) is 0 Å². The monoisotopic (exact) mass is 330 g/mol. The summed E-state index contributed by atoms with van der Waals surface area (Å²) in [7, 11) is -4.09. The van der Waals surface area contributed by atoms with Crippen molar-refractivity contribution in [2.75, 3.05) is 13.1 Å². The Morgan fingerprint density at radius 1 is 1.30 bits per heavy atom. The maximum absolute atomic E-state index is 12.0. The largest absolute Gasteiger partial charge is 0.402 e. The SMILES string of the molecule is CC(C)NCCc1ccc(S(=O)(=O)NCC(F)(F)F)s1. The first kappa shape index (κ1) is 17.4. The van der Waals surface area contributed by atoms with E-state index in [2.05, 4.69) is 5.32 Å². The summed E-state index contributed by atoms with van der Waals surface area (Å²) in [5, 5.41) is 3.18. The maximum Gasteiger partial charge on any atom is 0.402 e. The van der Waals surface area contributed by atoms with E-state index < -0.39 is 22.7 Å². The lowest BCUT2D eigenvalue weighted by atomic mass is 10.3. The first-order valence-corrected chi connectivity index (χ1v) is 8.28. The van der Waals surface area contributed by atoms with Gasteiger partial charge in [-0.1, -0.05) is 13.8 Å². The number of halogens is 3. The standard InChI is InChI=1S/C11H17F3N2O2S2/c1-8(2)15-6-5-9-3-4-10(19-9)20(17,18)16-7-11(12,13)14/h3-4,8,15-16H,5-7H2,1-2H3. The molecule has 0 aliphatic carbocycles. The van der Waals surface area contributed by atoms with Crippen molar-refractivity contribution in [3.8, 4) is 0 Å². The highest BCUT2D eigenvalue weighted by Gasteiger charge is 2.30.